The molecule has 0 spiro atoms. The summed E-state index contributed by atoms with van der Waals surface area (Å²) in [5, 5.41) is 2.84. The van der Waals surface area contributed by atoms with Gasteiger partial charge in [-0.25, -0.2) is 0 Å². The van der Waals surface area contributed by atoms with Gasteiger partial charge in [-0.05, 0) is 48.7 Å². The minimum atomic E-state index is -3.56. The number of thioether (sulfide) groups is 1. The molecule has 0 radical (unpaired) electrons. The zero-order chi connectivity index (χ0) is 18.6. The molecule has 25 heavy (non-hydrogen) atoms. The molecule has 0 bridgehead atoms. The Balaban J connectivity index is 2.15. The second kappa shape index (κ2) is 7.90. The summed E-state index contributed by atoms with van der Waals surface area (Å²) in [7, 11) is 0.852. The molecule has 2 aromatic carbocycles. The van der Waals surface area contributed by atoms with Crippen LogP contribution in [0.15, 0.2) is 53.4 Å². The zero-order valence-electron chi connectivity index (χ0n) is 14.6. The molecule has 0 saturated carbocycles. The second-order valence-corrected chi connectivity index (χ2v) is 8.54. The Morgan fingerprint density at radius 3 is 2.24 bits per heavy atom. The van der Waals surface area contributed by atoms with Crippen LogP contribution in [0.1, 0.15) is 10.4 Å². The van der Waals surface area contributed by atoms with Crippen molar-refractivity contribution in [3.05, 3.63) is 54.1 Å². The Kier molecular flexibility index (Phi) is 6.10. The summed E-state index contributed by atoms with van der Waals surface area (Å²) in [4.78, 5) is 13.4. The molecule has 0 saturated heterocycles. The second-order valence-electron chi connectivity index (χ2n) is 5.49. The molecular formula is C17H21N3O3S2. The SMILES string of the molecule is CSc1cccc(NC(=O)c2ccc(N(C)S(=O)(=O)N(C)C)cc2)c1. The molecule has 6 nitrogen and oxygen atoms in total. The van der Waals surface area contributed by atoms with Gasteiger partial charge in [-0.15, -0.1) is 11.8 Å². The molecule has 0 aliphatic carbocycles. The maximum absolute atomic E-state index is 12.3. The maximum Gasteiger partial charge on any atom is 0.303 e. The predicted molar refractivity (Wildman–Crippen MR) is 104 cm³/mol. The van der Waals surface area contributed by atoms with Crippen molar-refractivity contribution >= 4 is 39.3 Å². The van der Waals surface area contributed by atoms with Crippen LogP contribution in [0.25, 0.3) is 0 Å². The smallest absolute Gasteiger partial charge is 0.303 e. The van der Waals surface area contributed by atoms with Gasteiger partial charge in [0.1, 0.15) is 0 Å². The first-order valence-electron chi connectivity index (χ1n) is 7.47. The number of amides is 1. The van der Waals surface area contributed by atoms with Crippen molar-refractivity contribution in [3.8, 4) is 0 Å². The fourth-order valence-corrected chi connectivity index (χ4v) is 3.44. The summed E-state index contributed by atoms with van der Waals surface area (Å²) in [6, 6.07) is 14.0. The number of carbonyl (C=O) groups excluding carboxylic acids is 1. The van der Waals surface area contributed by atoms with Crippen molar-refractivity contribution in [1.82, 2.24) is 4.31 Å². The molecular weight excluding hydrogens is 358 g/mol. The highest BCUT2D eigenvalue weighted by Gasteiger charge is 2.21. The molecule has 0 aliphatic rings. The van der Waals surface area contributed by atoms with Gasteiger partial charge in [0, 0.05) is 37.3 Å². The number of nitrogens with one attached hydrogen (secondary N) is 1. The first kappa shape index (κ1) is 19.3. The van der Waals surface area contributed by atoms with Gasteiger partial charge in [0.15, 0.2) is 0 Å². The quantitative estimate of drug-likeness (QED) is 0.784. The molecule has 1 amide bonds. The van der Waals surface area contributed by atoms with E-state index in [1.54, 1.807) is 36.0 Å². The molecule has 1 N–H and O–H groups in total. The number of anilines is 2. The summed E-state index contributed by atoms with van der Waals surface area (Å²) >= 11 is 1.60. The van der Waals surface area contributed by atoms with E-state index in [0.717, 1.165) is 13.5 Å². The van der Waals surface area contributed by atoms with E-state index in [4.69, 9.17) is 0 Å². The van der Waals surface area contributed by atoms with Gasteiger partial charge in [-0.1, -0.05) is 6.07 Å². The molecule has 0 heterocycles. The highest BCUT2D eigenvalue weighted by atomic mass is 32.2. The lowest BCUT2D eigenvalue weighted by molar-refractivity contribution is 0.102. The summed E-state index contributed by atoms with van der Waals surface area (Å²) in [6.07, 6.45) is 1.97. The van der Waals surface area contributed by atoms with E-state index in [0.29, 0.717) is 16.9 Å². The van der Waals surface area contributed by atoms with Gasteiger partial charge in [-0.2, -0.15) is 12.7 Å². The number of hydrogen-bond acceptors (Lipinski definition) is 4. The van der Waals surface area contributed by atoms with Crippen LogP contribution in [0.4, 0.5) is 11.4 Å². The van der Waals surface area contributed by atoms with E-state index in [9.17, 15) is 13.2 Å². The van der Waals surface area contributed by atoms with Crippen LogP contribution in [0.5, 0.6) is 0 Å². The molecule has 2 rings (SSSR count). The number of benzene rings is 2. The van der Waals surface area contributed by atoms with Crippen molar-refractivity contribution in [1.29, 1.82) is 0 Å². The summed E-state index contributed by atoms with van der Waals surface area (Å²) in [6.45, 7) is 0. The van der Waals surface area contributed by atoms with Crippen molar-refractivity contribution in [2.45, 2.75) is 4.90 Å². The standard InChI is InChI=1S/C17H21N3O3S2/c1-19(2)25(22,23)20(3)15-10-8-13(9-11-15)17(21)18-14-6-5-7-16(12-14)24-4/h5-12H,1-4H3,(H,18,21). The van der Waals surface area contributed by atoms with Crippen LogP contribution in [-0.2, 0) is 10.2 Å². The number of rotatable bonds is 6. The molecule has 134 valence electrons. The molecule has 0 unspecified atom stereocenters. The van der Waals surface area contributed by atoms with Crippen molar-refractivity contribution in [2.24, 2.45) is 0 Å². The third-order valence-electron chi connectivity index (χ3n) is 3.63. The normalized spacial score (nSPS) is 11.4. The molecule has 2 aromatic rings. The van der Waals surface area contributed by atoms with E-state index in [2.05, 4.69) is 5.32 Å². The van der Waals surface area contributed by atoms with Gasteiger partial charge in [0.2, 0.25) is 0 Å². The molecule has 0 aromatic heterocycles. The molecule has 0 fully saturated rings. The zero-order valence-corrected chi connectivity index (χ0v) is 16.2. The van der Waals surface area contributed by atoms with Gasteiger partial charge in [0.25, 0.3) is 5.91 Å². The van der Waals surface area contributed by atoms with Crippen molar-refractivity contribution < 1.29 is 13.2 Å². The van der Waals surface area contributed by atoms with E-state index in [1.165, 1.54) is 21.1 Å². The highest BCUT2D eigenvalue weighted by molar-refractivity contribution is 7.98. The third kappa shape index (κ3) is 4.53. The Hall–Kier alpha value is -2.03. The fourth-order valence-electron chi connectivity index (χ4n) is 2.10. The van der Waals surface area contributed by atoms with E-state index in [-0.39, 0.29) is 5.91 Å². The lowest BCUT2D eigenvalue weighted by Crippen LogP contribution is -2.37. The van der Waals surface area contributed by atoms with E-state index < -0.39 is 10.2 Å². The Labute approximate surface area is 153 Å². The summed E-state index contributed by atoms with van der Waals surface area (Å²) in [5.41, 5.74) is 1.65. The highest BCUT2D eigenvalue weighted by Crippen LogP contribution is 2.21. The lowest BCUT2D eigenvalue weighted by atomic mass is 10.2. The average molecular weight is 380 g/mol. The van der Waals surface area contributed by atoms with Gasteiger partial charge < -0.3 is 5.32 Å². The lowest BCUT2D eigenvalue weighted by Gasteiger charge is -2.23. The minimum Gasteiger partial charge on any atom is -0.322 e. The maximum atomic E-state index is 12.3. The number of carbonyl (C=O) groups is 1. The fraction of sp³-hybridized carbons (Fsp3) is 0.235. The summed E-state index contributed by atoms with van der Waals surface area (Å²) in [5.74, 6) is -0.247. The number of nitrogens with zero attached hydrogens (tertiary/aromatic N) is 2. The largest absolute Gasteiger partial charge is 0.322 e. The van der Waals surface area contributed by atoms with Crippen molar-refractivity contribution in [2.75, 3.05) is 37.0 Å². The topological polar surface area (TPSA) is 69.7 Å². The van der Waals surface area contributed by atoms with Crippen LogP contribution in [0.2, 0.25) is 0 Å². The third-order valence-corrected chi connectivity index (χ3v) is 6.18. The first-order chi connectivity index (χ1) is 11.8. The molecule has 8 heteroatoms. The van der Waals surface area contributed by atoms with Crippen molar-refractivity contribution in [3.63, 3.8) is 0 Å². The molecule has 0 aliphatic heterocycles. The van der Waals surface area contributed by atoms with Crippen LogP contribution >= 0.6 is 11.8 Å². The number of hydrogen-bond donors (Lipinski definition) is 1. The Morgan fingerprint density at radius 1 is 1.04 bits per heavy atom. The Morgan fingerprint density at radius 2 is 1.68 bits per heavy atom. The molecule has 0 atom stereocenters. The Bertz CT molecular complexity index is 850. The van der Waals surface area contributed by atoms with Crippen LogP contribution in [-0.4, -0.2) is 46.0 Å². The van der Waals surface area contributed by atoms with Crippen LogP contribution in [0, 0.1) is 0 Å². The van der Waals surface area contributed by atoms with Gasteiger partial charge in [-0.3, -0.25) is 9.10 Å². The van der Waals surface area contributed by atoms with E-state index in [1.807, 2.05) is 30.5 Å². The van der Waals surface area contributed by atoms with Gasteiger partial charge >= 0.3 is 10.2 Å². The monoisotopic (exact) mass is 379 g/mol. The van der Waals surface area contributed by atoms with Gasteiger partial charge in [0.05, 0.1) is 5.69 Å². The summed E-state index contributed by atoms with van der Waals surface area (Å²) < 4.78 is 26.5. The predicted octanol–water partition coefficient (Wildman–Crippen LogP) is 2.90. The average Bonchev–Trinajstić information content (AvgIpc) is 2.61. The van der Waals surface area contributed by atoms with Crippen LogP contribution in [0.3, 0.4) is 0 Å². The van der Waals surface area contributed by atoms with Crippen LogP contribution < -0.4 is 9.62 Å². The first-order valence-corrected chi connectivity index (χ1v) is 10.1. The minimum absolute atomic E-state index is 0.247. The van der Waals surface area contributed by atoms with E-state index >= 15 is 0 Å².